The lowest BCUT2D eigenvalue weighted by atomic mass is 10.1. The van der Waals surface area contributed by atoms with Crippen molar-refractivity contribution in [3.8, 4) is 0 Å². The molecule has 0 saturated carbocycles. The number of nitrogens with zero attached hydrogens (tertiary/aromatic N) is 2. The van der Waals surface area contributed by atoms with Crippen LogP contribution in [0.1, 0.15) is 54.3 Å². The van der Waals surface area contributed by atoms with Gasteiger partial charge in [-0.3, -0.25) is 9.69 Å². The molecule has 0 radical (unpaired) electrons. The molecule has 1 unspecified atom stereocenters. The molecule has 5 nitrogen and oxygen atoms in total. The molecule has 0 aliphatic rings. The predicted molar refractivity (Wildman–Crippen MR) is 110 cm³/mol. The molecule has 29 heavy (non-hydrogen) atoms. The van der Waals surface area contributed by atoms with Gasteiger partial charge >= 0.3 is 0 Å². The summed E-state index contributed by atoms with van der Waals surface area (Å²) in [6.07, 6.45) is 1.39. The summed E-state index contributed by atoms with van der Waals surface area (Å²) < 4.78 is 18.7. The van der Waals surface area contributed by atoms with Crippen LogP contribution in [0.5, 0.6) is 0 Å². The van der Waals surface area contributed by atoms with Gasteiger partial charge in [0.05, 0.1) is 12.6 Å². The number of carbonyl (C=O) groups excluding carboxylic acids is 1. The van der Waals surface area contributed by atoms with Crippen LogP contribution in [0.25, 0.3) is 0 Å². The average Bonchev–Trinajstić information content (AvgIpc) is 3.18. The molecule has 1 aromatic heterocycles. The summed E-state index contributed by atoms with van der Waals surface area (Å²) in [6, 6.07) is 16.3. The molecular weight excluding hydrogens is 369 g/mol. The second-order valence-electron chi connectivity index (χ2n) is 7.36. The van der Waals surface area contributed by atoms with Crippen LogP contribution in [0.2, 0.25) is 0 Å². The third kappa shape index (κ3) is 5.74. The molecule has 1 atom stereocenters. The summed E-state index contributed by atoms with van der Waals surface area (Å²) in [7, 11) is 0. The van der Waals surface area contributed by atoms with Gasteiger partial charge in [-0.15, -0.1) is 0 Å². The van der Waals surface area contributed by atoms with Crippen LogP contribution in [0, 0.1) is 5.82 Å². The highest BCUT2D eigenvalue weighted by Gasteiger charge is 2.18. The van der Waals surface area contributed by atoms with E-state index < -0.39 is 0 Å². The lowest BCUT2D eigenvalue weighted by Gasteiger charge is -2.25. The molecule has 1 heterocycles. The van der Waals surface area contributed by atoms with Crippen molar-refractivity contribution >= 4 is 5.91 Å². The van der Waals surface area contributed by atoms with Crippen molar-refractivity contribution in [1.82, 2.24) is 15.2 Å². The number of amides is 1. The van der Waals surface area contributed by atoms with Gasteiger partial charge in [0.1, 0.15) is 12.1 Å². The first-order chi connectivity index (χ1) is 13.9. The SMILES string of the molecule is CC(NC(=O)c1coc(CN(Cc2ccc(F)cc2)C(C)C)n1)c1ccccc1. The Morgan fingerprint density at radius 3 is 2.41 bits per heavy atom. The average molecular weight is 395 g/mol. The second kappa shape index (κ2) is 9.47. The number of aromatic nitrogens is 1. The van der Waals surface area contributed by atoms with E-state index in [1.807, 2.05) is 37.3 Å². The Morgan fingerprint density at radius 1 is 1.07 bits per heavy atom. The summed E-state index contributed by atoms with van der Waals surface area (Å²) in [5.74, 6) is -0.0535. The Balaban J connectivity index is 1.63. The van der Waals surface area contributed by atoms with Crippen LogP contribution in [0.15, 0.2) is 65.3 Å². The maximum atomic E-state index is 13.1. The Bertz CT molecular complexity index is 923. The Hall–Kier alpha value is -2.99. The minimum atomic E-state index is -0.272. The Kier molecular flexibility index (Phi) is 6.77. The molecule has 0 saturated heterocycles. The van der Waals surface area contributed by atoms with Gasteiger partial charge in [0.15, 0.2) is 5.69 Å². The molecule has 6 heteroatoms. The van der Waals surface area contributed by atoms with Gasteiger partial charge in [-0.1, -0.05) is 42.5 Å². The van der Waals surface area contributed by atoms with E-state index in [9.17, 15) is 9.18 Å². The first-order valence-corrected chi connectivity index (χ1v) is 9.71. The molecule has 1 N–H and O–H groups in total. The number of rotatable bonds is 8. The van der Waals surface area contributed by atoms with Crippen molar-refractivity contribution in [3.63, 3.8) is 0 Å². The number of nitrogens with one attached hydrogen (secondary N) is 1. The summed E-state index contributed by atoms with van der Waals surface area (Å²) >= 11 is 0. The molecule has 0 aliphatic heterocycles. The van der Waals surface area contributed by atoms with Gasteiger partial charge in [-0.25, -0.2) is 9.37 Å². The fourth-order valence-electron chi connectivity index (χ4n) is 3.00. The smallest absolute Gasteiger partial charge is 0.273 e. The number of hydrogen-bond acceptors (Lipinski definition) is 4. The highest BCUT2D eigenvalue weighted by Crippen LogP contribution is 2.15. The second-order valence-corrected chi connectivity index (χ2v) is 7.36. The van der Waals surface area contributed by atoms with Crippen LogP contribution in [0.4, 0.5) is 4.39 Å². The minimum Gasteiger partial charge on any atom is -0.447 e. The van der Waals surface area contributed by atoms with Crippen molar-refractivity contribution < 1.29 is 13.6 Å². The topological polar surface area (TPSA) is 58.4 Å². The van der Waals surface area contributed by atoms with Crippen molar-refractivity contribution in [1.29, 1.82) is 0 Å². The maximum absolute atomic E-state index is 13.1. The first kappa shape index (κ1) is 20.7. The van der Waals surface area contributed by atoms with Crippen LogP contribution in [-0.4, -0.2) is 21.8 Å². The number of carbonyl (C=O) groups is 1. The van der Waals surface area contributed by atoms with Gasteiger partial charge in [-0.05, 0) is 44.0 Å². The van der Waals surface area contributed by atoms with Crippen LogP contribution >= 0.6 is 0 Å². The standard InChI is InChI=1S/C23H26FN3O2/c1-16(2)27(13-18-9-11-20(24)12-10-18)14-22-26-21(15-29-22)23(28)25-17(3)19-7-5-4-6-8-19/h4-12,15-17H,13-14H2,1-3H3,(H,25,28). The number of oxazole rings is 1. The van der Waals surface area contributed by atoms with E-state index in [0.717, 1.165) is 11.1 Å². The minimum absolute atomic E-state index is 0.130. The Labute approximate surface area is 170 Å². The van der Waals surface area contributed by atoms with Crippen molar-refractivity contribution in [2.75, 3.05) is 0 Å². The quantitative estimate of drug-likeness (QED) is 0.600. The molecule has 1 amide bonds. The number of halogens is 1. The zero-order valence-corrected chi connectivity index (χ0v) is 16.9. The van der Waals surface area contributed by atoms with Crippen molar-refractivity contribution in [3.05, 3.63) is 89.4 Å². The van der Waals surface area contributed by atoms with Crippen LogP contribution in [0.3, 0.4) is 0 Å². The van der Waals surface area contributed by atoms with Gasteiger partial charge in [-0.2, -0.15) is 0 Å². The predicted octanol–water partition coefficient (Wildman–Crippen LogP) is 4.72. The van der Waals surface area contributed by atoms with Crippen LogP contribution in [-0.2, 0) is 13.1 Å². The van der Waals surface area contributed by atoms with E-state index in [-0.39, 0.29) is 29.5 Å². The highest BCUT2D eigenvalue weighted by molar-refractivity contribution is 5.92. The molecular formula is C23H26FN3O2. The van der Waals surface area contributed by atoms with E-state index in [1.54, 1.807) is 12.1 Å². The third-order valence-corrected chi connectivity index (χ3v) is 4.80. The number of hydrogen-bond donors (Lipinski definition) is 1. The Morgan fingerprint density at radius 2 is 1.76 bits per heavy atom. The van der Waals surface area contributed by atoms with E-state index >= 15 is 0 Å². The maximum Gasteiger partial charge on any atom is 0.273 e. The number of benzene rings is 2. The lowest BCUT2D eigenvalue weighted by Crippen LogP contribution is -2.30. The summed E-state index contributed by atoms with van der Waals surface area (Å²) in [5.41, 5.74) is 2.28. The van der Waals surface area contributed by atoms with E-state index in [2.05, 4.69) is 29.0 Å². The van der Waals surface area contributed by atoms with Crippen LogP contribution < -0.4 is 5.32 Å². The normalized spacial score (nSPS) is 12.3. The third-order valence-electron chi connectivity index (χ3n) is 4.80. The molecule has 152 valence electrons. The summed E-state index contributed by atoms with van der Waals surface area (Å²) in [5, 5.41) is 2.94. The molecule has 0 spiro atoms. The van der Waals surface area contributed by atoms with Crippen molar-refractivity contribution in [2.45, 2.75) is 45.9 Å². The van der Waals surface area contributed by atoms with E-state index in [0.29, 0.717) is 19.0 Å². The zero-order valence-electron chi connectivity index (χ0n) is 16.9. The molecule has 2 aromatic carbocycles. The van der Waals surface area contributed by atoms with Gasteiger partial charge in [0.2, 0.25) is 5.89 Å². The highest BCUT2D eigenvalue weighted by atomic mass is 19.1. The van der Waals surface area contributed by atoms with Crippen molar-refractivity contribution in [2.24, 2.45) is 0 Å². The fourth-order valence-corrected chi connectivity index (χ4v) is 3.00. The largest absolute Gasteiger partial charge is 0.447 e. The van der Waals surface area contributed by atoms with Gasteiger partial charge in [0, 0.05) is 12.6 Å². The molecule has 0 aliphatic carbocycles. The monoisotopic (exact) mass is 395 g/mol. The molecule has 0 bridgehead atoms. The summed E-state index contributed by atoms with van der Waals surface area (Å²) in [6.45, 7) is 7.16. The van der Waals surface area contributed by atoms with Gasteiger partial charge in [0.25, 0.3) is 5.91 Å². The van der Waals surface area contributed by atoms with Gasteiger partial charge < -0.3 is 9.73 Å². The van der Waals surface area contributed by atoms with E-state index in [1.165, 1.54) is 18.4 Å². The van der Waals surface area contributed by atoms with E-state index in [4.69, 9.17) is 4.42 Å². The molecule has 0 fully saturated rings. The lowest BCUT2D eigenvalue weighted by molar-refractivity contribution is 0.0934. The molecule has 3 aromatic rings. The zero-order chi connectivity index (χ0) is 20.8. The molecule has 3 rings (SSSR count). The first-order valence-electron chi connectivity index (χ1n) is 9.71. The summed E-state index contributed by atoms with van der Waals surface area (Å²) in [4.78, 5) is 19.0. The fraction of sp³-hybridized carbons (Fsp3) is 0.304.